The quantitative estimate of drug-likeness (QED) is 0.779. The van der Waals surface area contributed by atoms with Crippen LogP contribution in [0.5, 0.6) is 0 Å². The zero-order chi connectivity index (χ0) is 21.2. The Morgan fingerprint density at radius 1 is 1.14 bits per heavy atom. The van der Waals surface area contributed by atoms with Gasteiger partial charge in [0.15, 0.2) is 0 Å². The average molecular weight is 415 g/mol. The number of carbonyl (C=O) groups excluding carboxylic acids is 2. The van der Waals surface area contributed by atoms with Gasteiger partial charge in [0, 0.05) is 12.1 Å². The van der Waals surface area contributed by atoms with Gasteiger partial charge in [-0.1, -0.05) is 43.7 Å². The van der Waals surface area contributed by atoms with E-state index in [1.807, 2.05) is 19.1 Å². The lowest BCUT2D eigenvalue weighted by atomic mass is 9.98. The molecule has 1 fully saturated rings. The van der Waals surface area contributed by atoms with Gasteiger partial charge < -0.3 is 5.32 Å². The van der Waals surface area contributed by atoms with Crippen molar-refractivity contribution < 1.29 is 18.0 Å². The van der Waals surface area contributed by atoms with Crippen molar-refractivity contribution in [1.29, 1.82) is 0 Å². The molecule has 7 heteroatoms. The summed E-state index contributed by atoms with van der Waals surface area (Å²) in [5.74, 6) is -0.636. The van der Waals surface area contributed by atoms with Crippen LogP contribution in [0.3, 0.4) is 0 Å². The van der Waals surface area contributed by atoms with Crippen molar-refractivity contribution >= 4 is 27.5 Å². The van der Waals surface area contributed by atoms with Gasteiger partial charge in [-0.05, 0) is 55.5 Å². The van der Waals surface area contributed by atoms with Gasteiger partial charge in [-0.15, -0.1) is 0 Å². The molecule has 1 aliphatic heterocycles. The highest BCUT2D eigenvalue weighted by atomic mass is 32.2. The van der Waals surface area contributed by atoms with Crippen molar-refractivity contribution in [1.82, 2.24) is 4.31 Å². The summed E-state index contributed by atoms with van der Waals surface area (Å²) in [5.41, 5.74) is 2.66. The number of nitrogens with zero attached hydrogens (tertiary/aromatic N) is 1. The molecule has 0 spiro atoms. The van der Waals surface area contributed by atoms with Crippen molar-refractivity contribution in [2.45, 2.75) is 56.9 Å². The van der Waals surface area contributed by atoms with Gasteiger partial charge in [-0.2, -0.15) is 0 Å². The number of amides is 2. The molecule has 1 heterocycles. The molecule has 0 bridgehead atoms. The van der Waals surface area contributed by atoms with Crippen molar-refractivity contribution in [2.24, 2.45) is 0 Å². The molecule has 0 aromatic heterocycles. The number of nitrogens with one attached hydrogen (secondary N) is 1. The van der Waals surface area contributed by atoms with E-state index in [4.69, 9.17) is 0 Å². The SMILES string of the molecule is CC[C@H](C)c1ccc(NC(=O)[C@@H]2CCC(=O)N2S(=O)(=O)c2ccc(C)cc2)cc1. The Balaban J connectivity index is 1.81. The second kappa shape index (κ2) is 8.37. The minimum Gasteiger partial charge on any atom is -0.324 e. The lowest BCUT2D eigenvalue weighted by Gasteiger charge is -2.24. The molecule has 6 nitrogen and oxygen atoms in total. The van der Waals surface area contributed by atoms with Crippen LogP contribution in [-0.2, 0) is 19.6 Å². The van der Waals surface area contributed by atoms with Crippen LogP contribution in [0.25, 0.3) is 0 Å². The van der Waals surface area contributed by atoms with E-state index in [-0.39, 0.29) is 17.7 Å². The third-order valence-corrected chi connectivity index (χ3v) is 7.24. The Morgan fingerprint density at radius 2 is 1.76 bits per heavy atom. The van der Waals surface area contributed by atoms with Gasteiger partial charge in [-0.25, -0.2) is 12.7 Å². The van der Waals surface area contributed by atoms with Crippen LogP contribution >= 0.6 is 0 Å². The first-order valence-corrected chi connectivity index (χ1v) is 11.2. The van der Waals surface area contributed by atoms with Gasteiger partial charge in [0.25, 0.3) is 10.0 Å². The summed E-state index contributed by atoms with van der Waals surface area (Å²) in [6, 6.07) is 12.7. The lowest BCUT2D eigenvalue weighted by Crippen LogP contribution is -2.45. The molecular weight excluding hydrogens is 388 g/mol. The van der Waals surface area contributed by atoms with E-state index in [0.717, 1.165) is 16.3 Å². The first kappa shape index (κ1) is 21.0. The predicted molar refractivity (Wildman–Crippen MR) is 112 cm³/mol. The smallest absolute Gasteiger partial charge is 0.267 e. The van der Waals surface area contributed by atoms with Crippen LogP contribution in [-0.4, -0.2) is 30.6 Å². The Morgan fingerprint density at radius 3 is 2.34 bits per heavy atom. The van der Waals surface area contributed by atoms with Crippen LogP contribution in [0.4, 0.5) is 5.69 Å². The van der Waals surface area contributed by atoms with E-state index in [0.29, 0.717) is 11.6 Å². The normalized spacial score (nSPS) is 18.0. The van der Waals surface area contributed by atoms with Gasteiger partial charge in [0.2, 0.25) is 11.8 Å². The van der Waals surface area contributed by atoms with E-state index in [9.17, 15) is 18.0 Å². The highest BCUT2D eigenvalue weighted by molar-refractivity contribution is 7.89. The molecule has 1 N–H and O–H groups in total. The van der Waals surface area contributed by atoms with Crippen molar-refractivity contribution in [3.8, 4) is 0 Å². The van der Waals surface area contributed by atoms with Gasteiger partial charge in [-0.3, -0.25) is 9.59 Å². The monoisotopic (exact) mass is 414 g/mol. The molecule has 0 radical (unpaired) electrons. The molecule has 2 aromatic carbocycles. The number of benzene rings is 2. The minimum atomic E-state index is -4.09. The van der Waals surface area contributed by atoms with Crippen LogP contribution in [0, 0.1) is 6.92 Å². The van der Waals surface area contributed by atoms with Crippen LogP contribution in [0.2, 0.25) is 0 Å². The van der Waals surface area contributed by atoms with Crippen molar-refractivity contribution in [2.75, 3.05) is 5.32 Å². The Bertz CT molecular complexity index is 998. The Kier molecular flexibility index (Phi) is 6.07. The van der Waals surface area contributed by atoms with Gasteiger partial charge in [0.1, 0.15) is 6.04 Å². The molecular formula is C22H26N2O4S. The highest BCUT2D eigenvalue weighted by Crippen LogP contribution is 2.28. The van der Waals surface area contributed by atoms with E-state index < -0.39 is 27.9 Å². The number of hydrogen-bond acceptors (Lipinski definition) is 4. The summed E-state index contributed by atoms with van der Waals surface area (Å²) in [6.45, 7) is 6.09. The third-order valence-electron chi connectivity index (χ3n) is 5.40. The molecule has 154 valence electrons. The molecule has 2 aromatic rings. The molecule has 2 atom stereocenters. The van der Waals surface area contributed by atoms with E-state index >= 15 is 0 Å². The number of carbonyl (C=O) groups is 2. The molecule has 1 saturated heterocycles. The summed E-state index contributed by atoms with van der Waals surface area (Å²) >= 11 is 0. The first-order chi connectivity index (χ1) is 13.7. The van der Waals surface area contributed by atoms with Gasteiger partial charge >= 0.3 is 0 Å². The largest absolute Gasteiger partial charge is 0.324 e. The second-order valence-electron chi connectivity index (χ2n) is 7.48. The van der Waals surface area contributed by atoms with Crippen molar-refractivity contribution in [3.05, 3.63) is 59.7 Å². The summed E-state index contributed by atoms with van der Waals surface area (Å²) in [5, 5.41) is 2.75. The highest BCUT2D eigenvalue weighted by Gasteiger charge is 2.44. The Labute approximate surface area is 172 Å². The number of aryl methyl sites for hydroxylation is 1. The lowest BCUT2D eigenvalue weighted by molar-refractivity contribution is -0.128. The van der Waals surface area contributed by atoms with Crippen LogP contribution in [0.1, 0.15) is 50.2 Å². The maximum atomic E-state index is 13.0. The van der Waals surface area contributed by atoms with Gasteiger partial charge in [0.05, 0.1) is 4.90 Å². The molecule has 29 heavy (non-hydrogen) atoms. The third kappa shape index (κ3) is 4.34. The second-order valence-corrected chi connectivity index (χ2v) is 9.30. The maximum Gasteiger partial charge on any atom is 0.267 e. The van der Waals surface area contributed by atoms with Crippen LogP contribution < -0.4 is 5.32 Å². The molecule has 0 saturated carbocycles. The maximum absolute atomic E-state index is 13.0. The van der Waals surface area contributed by atoms with E-state index in [1.165, 1.54) is 17.7 Å². The van der Waals surface area contributed by atoms with E-state index in [1.54, 1.807) is 24.3 Å². The number of anilines is 1. The number of sulfonamides is 1. The molecule has 3 rings (SSSR count). The molecule has 2 amide bonds. The fraction of sp³-hybridized carbons (Fsp3) is 0.364. The fourth-order valence-electron chi connectivity index (χ4n) is 3.38. The summed E-state index contributed by atoms with van der Waals surface area (Å²) in [4.78, 5) is 25.2. The Hall–Kier alpha value is -2.67. The van der Waals surface area contributed by atoms with Crippen LogP contribution in [0.15, 0.2) is 53.4 Å². The minimum absolute atomic E-state index is 0.00839. The van der Waals surface area contributed by atoms with E-state index in [2.05, 4.69) is 19.2 Å². The average Bonchev–Trinajstić information content (AvgIpc) is 3.10. The molecule has 1 aliphatic rings. The predicted octanol–water partition coefficient (Wildman–Crippen LogP) is 3.83. The summed E-state index contributed by atoms with van der Waals surface area (Å²) in [7, 11) is -4.09. The number of rotatable bonds is 6. The summed E-state index contributed by atoms with van der Waals surface area (Å²) < 4.78 is 26.7. The first-order valence-electron chi connectivity index (χ1n) is 9.78. The zero-order valence-corrected chi connectivity index (χ0v) is 17.7. The molecule has 0 unspecified atom stereocenters. The fourth-order valence-corrected chi connectivity index (χ4v) is 4.98. The molecule has 0 aliphatic carbocycles. The van der Waals surface area contributed by atoms with Crippen molar-refractivity contribution in [3.63, 3.8) is 0 Å². The topological polar surface area (TPSA) is 83.6 Å². The standard InChI is InChI=1S/C22H26N2O4S/c1-4-16(3)17-7-9-18(10-8-17)23-22(26)20-13-14-21(25)24(20)29(27,28)19-11-5-15(2)6-12-19/h5-12,16,20H,4,13-14H2,1-3H3,(H,23,26)/t16-,20-/m0/s1. The summed E-state index contributed by atoms with van der Waals surface area (Å²) in [6.07, 6.45) is 1.21. The number of hydrogen-bond donors (Lipinski definition) is 1. The zero-order valence-electron chi connectivity index (χ0n) is 16.9.